The Kier molecular flexibility index (Phi) is 6.40. The van der Waals surface area contributed by atoms with Crippen LogP contribution in [0.3, 0.4) is 0 Å². The standard InChI is InChI=1S/C17H27N3O3/c1-2-23-16(22)14-6-10-20(11-7-14)12-15(21)19-17(13-18)8-4-3-5-9-17/h14H,2-12H2,1H3,(H,19,21). The lowest BCUT2D eigenvalue weighted by Crippen LogP contribution is -2.52. The van der Waals surface area contributed by atoms with Crippen molar-refractivity contribution in [3.63, 3.8) is 0 Å². The van der Waals surface area contributed by atoms with Gasteiger partial charge in [-0.25, -0.2) is 0 Å². The van der Waals surface area contributed by atoms with Gasteiger partial charge in [-0.2, -0.15) is 5.26 Å². The van der Waals surface area contributed by atoms with Crippen LogP contribution in [-0.4, -0.2) is 48.6 Å². The number of carbonyl (C=O) groups excluding carboxylic acids is 2. The summed E-state index contributed by atoms with van der Waals surface area (Å²) < 4.78 is 5.05. The molecule has 1 saturated carbocycles. The molecule has 2 rings (SSSR count). The molecular formula is C17H27N3O3. The van der Waals surface area contributed by atoms with E-state index in [9.17, 15) is 14.9 Å². The molecule has 6 nitrogen and oxygen atoms in total. The van der Waals surface area contributed by atoms with Gasteiger partial charge < -0.3 is 10.1 Å². The molecule has 1 amide bonds. The second-order valence-corrected chi connectivity index (χ2v) is 6.61. The zero-order valence-corrected chi connectivity index (χ0v) is 14.0. The van der Waals surface area contributed by atoms with Gasteiger partial charge in [0.15, 0.2) is 0 Å². The Morgan fingerprint density at radius 1 is 1.26 bits per heavy atom. The van der Waals surface area contributed by atoms with Crippen molar-refractivity contribution in [2.45, 2.75) is 57.4 Å². The number of likely N-dealkylation sites (tertiary alicyclic amines) is 1. The second kappa shape index (κ2) is 8.30. The van der Waals surface area contributed by atoms with E-state index in [1.54, 1.807) is 0 Å². The highest BCUT2D eigenvalue weighted by Gasteiger charge is 2.34. The van der Waals surface area contributed by atoms with Crippen LogP contribution < -0.4 is 5.32 Å². The molecule has 0 atom stereocenters. The van der Waals surface area contributed by atoms with Crippen LogP contribution in [-0.2, 0) is 14.3 Å². The highest BCUT2D eigenvalue weighted by atomic mass is 16.5. The van der Waals surface area contributed by atoms with Crippen molar-refractivity contribution in [1.29, 1.82) is 5.26 Å². The van der Waals surface area contributed by atoms with Gasteiger partial charge in [-0.1, -0.05) is 19.3 Å². The molecule has 0 bridgehead atoms. The maximum absolute atomic E-state index is 12.3. The van der Waals surface area contributed by atoms with Gasteiger partial charge >= 0.3 is 5.97 Å². The molecule has 2 fully saturated rings. The van der Waals surface area contributed by atoms with Gasteiger partial charge in [0, 0.05) is 0 Å². The van der Waals surface area contributed by atoms with E-state index in [2.05, 4.69) is 16.3 Å². The molecule has 2 aliphatic rings. The summed E-state index contributed by atoms with van der Waals surface area (Å²) in [5, 5.41) is 12.4. The van der Waals surface area contributed by atoms with Gasteiger partial charge in [-0.15, -0.1) is 0 Å². The number of rotatable bonds is 5. The third-order valence-corrected chi connectivity index (χ3v) is 4.87. The van der Waals surface area contributed by atoms with Crippen molar-refractivity contribution in [3.8, 4) is 6.07 Å². The normalized spacial score (nSPS) is 22.1. The van der Waals surface area contributed by atoms with Gasteiger partial charge in [0.1, 0.15) is 5.54 Å². The number of ether oxygens (including phenoxy) is 1. The van der Waals surface area contributed by atoms with Crippen LogP contribution in [0, 0.1) is 17.2 Å². The molecule has 1 heterocycles. The van der Waals surface area contributed by atoms with Crippen LogP contribution in [0.2, 0.25) is 0 Å². The number of carbonyl (C=O) groups is 2. The number of hydrogen-bond acceptors (Lipinski definition) is 5. The van der Waals surface area contributed by atoms with E-state index in [1.807, 2.05) is 6.92 Å². The average molecular weight is 321 g/mol. The van der Waals surface area contributed by atoms with Crippen LogP contribution in [0.15, 0.2) is 0 Å². The van der Waals surface area contributed by atoms with E-state index in [0.717, 1.165) is 58.0 Å². The topological polar surface area (TPSA) is 82.4 Å². The largest absolute Gasteiger partial charge is 0.466 e. The predicted octanol–water partition coefficient (Wildman–Crippen LogP) is 1.60. The quantitative estimate of drug-likeness (QED) is 0.778. The monoisotopic (exact) mass is 321 g/mol. The molecule has 0 aromatic heterocycles. The first-order valence-electron chi connectivity index (χ1n) is 8.70. The second-order valence-electron chi connectivity index (χ2n) is 6.61. The summed E-state index contributed by atoms with van der Waals surface area (Å²) >= 11 is 0. The minimum Gasteiger partial charge on any atom is -0.466 e. The fourth-order valence-electron chi connectivity index (χ4n) is 3.52. The zero-order valence-electron chi connectivity index (χ0n) is 14.0. The molecule has 1 saturated heterocycles. The molecule has 0 spiro atoms. The van der Waals surface area contributed by atoms with E-state index < -0.39 is 5.54 Å². The molecule has 128 valence electrons. The summed E-state index contributed by atoms with van der Waals surface area (Å²) in [6.07, 6.45) is 6.10. The number of nitrogens with zero attached hydrogens (tertiary/aromatic N) is 2. The van der Waals surface area contributed by atoms with E-state index in [4.69, 9.17) is 4.74 Å². The van der Waals surface area contributed by atoms with E-state index in [1.165, 1.54) is 0 Å². The Morgan fingerprint density at radius 2 is 1.91 bits per heavy atom. The molecule has 6 heteroatoms. The number of esters is 1. The summed E-state index contributed by atoms with van der Waals surface area (Å²) in [6, 6.07) is 2.31. The van der Waals surface area contributed by atoms with Crippen LogP contribution >= 0.6 is 0 Å². The van der Waals surface area contributed by atoms with Gasteiger partial charge in [0.25, 0.3) is 0 Å². The predicted molar refractivity (Wildman–Crippen MR) is 85.4 cm³/mol. The van der Waals surface area contributed by atoms with Gasteiger partial charge in [0.2, 0.25) is 5.91 Å². The average Bonchev–Trinajstić information content (AvgIpc) is 2.56. The number of piperidine rings is 1. The Hall–Kier alpha value is -1.61. The lowest BCUT2D eigenvalue weighted by molar-refractivity contribution is -0.149. The fraction of sp³-hybridized carbons (Fsp3) is 0.824. The van der Waals surface area contributed by atoms with Crippen molar-refractivity contribution < 1.29 is 14.3 Å². The summed E-state index contributed by atoms with van der Waals surface area (Å²) in [4.78, 5) is 26.0. The zero-order chi connectivity index (χ0) is 16.7. The number of nitrogens with one attached hydrogen (secondary N) is 1. The summed E-state index contributed by atoms with van der Waals surface area (Å²) in [7, 11) is 0. The smallest absolute Gasteiger partial charge is 0.309 e. The first kappa shape index (κ1) is 17.7. The van der Waals surface area contributed by atoms with Gasteiger partial charge in [-0.3, -0.25) is 14.5 Å². The Labute approximate surface area is 138 Å². The first-order chi connectivity index (χ1) is 11.1. The lowest BCUT2D eigenvalue weighted by atomic mass is 9.83. The van der Waals surface area contributed by atoms with E-state index >= 15 is 0 Å². The third kappa shape index (κ3) is 4.93. The Bertz CT molecular complexity index is 458. The molecule has 0 unspecified atom stereocenters. The van der Waals surface area contributed by atoms with Crippen molar-refractivity contribution >= 4 is 11.9 Å². The molecule has 0 aromatic rings. The molecule has 23 heavy (non-hydrogen) atoms. The summed E-state index contributed by atoms with van der Waals surface area (Å²) in [6.45, 7) is 3.97. The maximum Gasteiger partial charge on any atom is 0.309 e. The van der Waals surface area contributed by atoms with Crippen molar-refractivity contribution in [2.24, 2.45) is 5.92 Å². The van der Waals surface area contributed by atoms with Crippen LogP contribution in [0.1, 0.15) is 51.9 Å². The van der Waals surface area contributed by atoms with Crippen LogP contribution in [0.4, 0.5) is 0 Å². The Morgan fingerprint density at radius 3 is 2.48 bits per heavy atom. The highest BCUT2D eigenvalue weighted by molar-refractivity contribution is 5.79. The van der Waals surface area contributed by atoms with Crippen LogP contribution in [0.5, 0.6) is 0 Å². The summed E-state index contributed by atoms with van der Waals surface area (Å²) in [5.74, 6) is -0.247. The van der Waals surface area contributed by atoms with E-state index in [0.29, 0.717) is 13.2 Å². The number of nitriles is 1. The van der Waals surface area contributed by atoms with Crippen molar-refractivity contribution in [3.05, 3.63) is 0 Å². The Balaban J connectivity index is 1.76. The van der Waals surface area contributed by atoms with Gasteiger partial charge in [-0.05, 0) is 45.7 Å². The SMILES string of the molecule is CCOC(=O)C1CCN(CC(=O)NC2(C#N)CCCCC2)CC1. The van der Waals surface area contributed by atoms with Crippen LogP contribution in [0.25, 0.3) is 0 Å². The molecule has 0 aromatic carbocycles. The minimum atomic E-state index is -0.668. The number of hydrogen-bond donors (Lipinski definition) is 1. The third-order valence-electron chi connectivity index (χ3n) is 4.87. The number of amides is 1. The summed E-state index contributed by atoms with van der Waals surface area (Å²) in [5.41, 5.74) is -0.668. The molecule has 1 aliphatic carbocycles. The van der Waals surface area contributed by atoms with Crippen molar-refractivity contribution in [2.75, 3.05) is 26.2 Å². The molecule has 1 aliphatic heterocycles. The minimum absolute atomic E-state index is 0.0435. The van der Waals surface area contributed by atoms with E-state index in [-0.39, 0.29) is 17.8 Å². The lowest BCUT2D eigenvalue weighted by Gasteiger charge is -2.34. The molecule has 1 N–H and O–H groups in total. The van der Waals surface area contributed by atoms with Gasteiger partial charge in [0.05, 0.1) is 25.1 Å². The maximum atomic E-state index is 12.3. The molecular weight excluding hydrogens is 294 g/mol. The highest BCUT2D eigenvalue weighted by Crippen LogP contribution is 2.27. The fourth-order valence-corrected chi connectivity index (χ4v) is 3.52. The molecule has 0 radical (unpaired) electrons. The first-order valence-corrected chi connectivity index (χ1v) is 8.70. The van der Waals surface area contributed by atoms with Crippen molar-refractivity contribution in [1.82, 2.24) is 10.2 Å².